The maximum Gasteiger partial charge on any atom is 0.124 e. The van der Waals surface area contributed by atoms with Crippen molar-refractivity contribution in [1.29, 1.82) is 0 Å². The summed E-state index contributed by atoms with van der Waals surface area (Å²) in [7, 11) is 0. The van der Waals surface area contributed by atoms with Gasteiger partial charge < -0.3 is 30.0 Å². The topological polar surface area (TPSA) is 121 Å². The van der Waals surface area contributed by atoms with Crippen LogP contribution in [0.5, 0.6) is 11.5 Å². The molecule has 0 unspecified atom stereocenters. The molecule has 2 N–H and O–H groups in total. The predicted octanol–water partition coefficient (Wildman–Crippen LogP) is 1.26. The van der Waals surface area contributed by atoms with Crippen molar-refractivity contribution in [3.05, 3.63) is 59.7 Å². The maximum absolute atomic E-state index is 10.2. The SMILES string of the molecule is CCC[CH2][Cr+2].O=C([O-])c1ccccc1O.O=C([O-])c1ccccc1O. The van der Waals surface area contributed by atoms with E-state index >= 15 is 0 Å². The molecule has 0 aromatic heterocycles. The van der Waals surface area contributed by atoms with Crippen LogP contribution in [0.15, 0.2) is 48.5 Å². The van der Waals surface area contributed by atoms with Crippen LogP contribution >= 0.6 is 0 Å². The van der Waals surface area contributed by atoms with E-state index in [1.165, 1.54) is 54.5 Å². The molecule has 0 bridgehead atoms. The molecule has 0 spiro atoms. The van der Waals surface area contributed by atoms with E-state index in [0.29, 0.717) is 0 Å². The average Bonchev–Trinajstić information content (AvgIpc) is 2.57. The molecule has 0 fully saturated rings. The van der Waals surface area contributed by atoms with E-state index < -0.39 is 11.9 Å². The van der Waals surface area contributed by atoms with Crippen molar-refractivity contribution in [1.82, 2.24) is 0 Å². The molecular formula is C18H19CrO6. The van der Waals surface area contributed by atoms with Crippen molar-refractivity contribution in [2.24, 2.45) is 0 Å². The fourth-order valence-corrected chi connectivity index (χ4v) is 1.89. The Labute approximate surface area is 154 Å². The molecule has 2 aromatic carbocycles. The van der Waals surface area contributed by atoms with Crippen LogP contribution in [0.1, 0.15) is 40.5 Å². The Bertz CT molecular complexity index is 615. The normalized spacial score (nSPS) is 8.96. The number of carbonyl (C=O) groups is 2. The number of carboxylic acids is 2. The number of phenols is 2. The second-order valence-electron chi connectivity index (χ2n) is 4.67. The van der Waals surface area contributed by atoms with Crippen molar-refractivity contribution in [3.63, 3.8) is 0 Å². The van der Waals surface area contributed by atoms with Gasteiger partial charge in [0.2, 0.25) is 0 Å². The smallest absolute Gasteiger partial charge is 0.124 e. The Morgan fingerprint density at radius 3 is 1.40 bits per heavy atom. The van der Waals surface area contributed by atoms with Crippen molar-refractivity contribution in [2.45, 2.75) is 25.0 Å². The minimum absolute atomic E-state index is 0.178. The summed E-state index contributed by atoms with van der Waals surface area (Å²) in [4.78, 5) is 20.3. The first-order valence-electron chi connectivity index (χ1n) is 7.41. The summed E-state index contributed by atoms with van der Waals surface area (Å²) in [6.07, 6.45) is 2.65. The number of hydrogen-bond donors (Lipinski definition) is 2. The number of carboxylic acid groups (broad SMARTS) is 2. The summed E-state index contributed by atoms with van der Waals surface area (Å²) in [6, 6.07) is 11.3. The van der Waals surface area contributed by atoms with Gasteiger partial charge in [-0.2, -0.15) is 0 Å². The van der Waals surface area contributed by atoms with E-state index in [4.69, 9.17) is 10.2 Å². The monoisotopic (exact) mass is 383 g/mol. The Morgan fingerprint density at radius 2 is 1.24 bits per heavy atom. The van der Waals surface area contributed by atoms with Crippen LogP contribution in [0.2, 0.25) is 5.28 Å². The Kier molecular flexibility index (Phi) is 11.6. The Morgan fingerprint density at radius 1 is 0.880 bits per heavy atom. The van der Waals surface area contributed by atoms with Crippen LogP contribution in [0.25, 0.3) is 0 Å². The zero-order valence-corrected chi connectivity index (χ0v) is 15.0. The molecule has 0 aliphatic rings. The minimum atomic E-state index is -1.36. The molecule has 0 aliphatic heterocycles. The van der Waals surface area contributed by atoms with Gasteiger partial charge in [-0.3, -0.25) is 0 Å². The first-order chi connectivity index (χ1) is 11.8. The average molecular weight is 383 g/mol. The summed E-state index contributed by atoms with van der Waals surface area (Å²) in [6.45, 7) is 2.19. The zero-order chi connectivity index (χ0) is 19.2. The number of para-hydroxylation sites is 2. The second kappa shape index (κ2) is 12.9. The largest absolute Gasteiger partial charge is 0.545 e. The van der Waals surface area contributed by atoms with Gasteiger partial charge in [-0.05, 0) is 24.3 Å². The summed E-state index contributed by atoms with van der Waals surface area (Å²) >= 11 is 2.94. The van der Waals surface area contributed by atoms with E-state index in [1.807, 2.05) is 0 Å². The second-order valence-corrected chi connectivity index (χ2v) is 5.30. The van der Waals surface area contributed by atoms with Crippen LogP contribution in [0, 0.1) is 0 Å². The van der Waals surface area contributed by atoms with Crippen molar-refractivity contribution in [3.8, 4) is 11.5 Å². The van der Waals surface area contributed by atoms with E-state index in [-0.39, 0.29) is 22.6 Å². The van der Waals surface area contributed by atoms with Gasteiger partial charge in [-0.25, -0.2) is 0 Å². The molecule has 2 rings (SSSR count). The van der Waals surface area contributed by atoms with Gasteiger partial charge in [0, 0.05) is 11.1 Å². The van der Waals surface area contributed by atoms with Gasteiger partial charge in [0.25, 0.3) is 0 Å². The third-order valence-electron chi connectivity index (χ3n) is 2.75. The molecule has 25 heavy (non-hydrogen) atoms. The Balaban J connectivity index is 0.000000368. The predicted molar refractivity (Wildman–Crippen MR) is 84.6 cm³/mol. The third-order valence-corrected chi connectivity index (χ3v) is 3.20. The van der Waals surface area contributed by atoms with E-state index in [1.54, 1.807) is 12.1 Å². The molecule has 0 radical (unpaired) electrons. The summed E-state index contributed by atoms with van der Waals surface area (Å²) in [5.41, 5.74) is -0.356. The molecule has 0 heterocycles. The molecular weight excluding hydrogens is 364 g/mol. The summed E-state index contributed by atoms with van der Waals surface area (Å²) in [5.74, 6) is -3.25. The van der Waals surface area contributed by atoms with Crippen molar-refractivity contribution >= 4 is 11.9 Å². The van der Waals surface area contributed by atoms with Crippen molar-refractivity contribution in [2.75, 3.05) is 0 Å². The van der Waals surface area contributed by atoms with Crippen LogP contribution in [0.3, 0.4) is 0 Å². The fourth-order valence-electron chi connectivity index (χ4n) is 1.44. The molecule has 0 saturated heterocycles. The fraction of sp³-hybridized carbons (Fsp3) is 0.222. The third kappa shape index (κ3) is 9.40. The van der Waals surface area contributed by atoms with Crippen molar-refractivity contribution < 1.29 is 46.3 Å². The van der Waals surface area contributed by atoms with Crippen LogP contribution in [-0.2, 0) is 16.3 Å². The van der Waals surface area contributed by atoms with Crippen LogP contribution in [0.4, 0.5) is 0 Å². The molecule has 133 valence electrons. The summed E-state index contributed by atoms with van der Waals surface area (Å²) < 4.78 is 0. The number of hydrogen-bond acceptors (Lipinski definition) is 6. The number of rotatable bonds is 4. The van der Waals surface area contributed by atoms with Gasteiger partial charge in [-0.1, -0.05) is 24.3 Å². The first-order valence-corrected chi connectivity index (χ1v) is 8.32. The minimum Gasteiger partial charge on any atom is -0.545 e. The number of aromatic carboxylic acids is 2. The maximum atomic E-state index is 10.2. The molecule has 0 saturated carbocycles. The van der Waals surface area contributed by atoms with E-state index in [0.717, 1.165) is 0 Å². The molecule has 0 amide bonds. The molecule has 2 aromatic rings. The standard InChI is InChI=1S/2C7H6O3.C4H9.Cr/c2*8-6-4-2-1-3-5(6)7(9)10;1-3-4-2;/h2*1-4,8H,(H,9,10);1,3-4H2,2H3;/q;;;+2/p-2. The van der Waals surface area contributed by atoms with E-state index in [2.05, 4.69) is 23.2 Å². The van der Waals surface area contributed by atoms with E-state index in [9.17, 15) is 19.8 Å². The number of aromatic hydroxyl groups is 2. The molecule has 0 aliphatic carbocycles. The van der Waals surface area contributed by atoms with Gasteiger partial charge in [0.15, 0.2) is 0 Å². The summed E-state index contributed by atoms with van der Waals surface area (Å²) in [5, 5.41) is 39.2. The number of unbranched alkanes of at least 4 members (excludes halogenated alkanes) is 1. The molecule has 0 atom stereocenters. The van der Waals surface area contributed by atoms with Crippen LogP contribution in [-0.4, -0.2) is 22.2 Å². The van der Waals surface area contributed by atoms with Crippen LogP contribution < -0.4 is 10.2 Å². The molecule has 7 heteroatoms. The number of carbonyl (C=O) groups excluding carboxylic acids is 2. The zero-order valence-electron chi connectivity index (χ0n) is 13.7. The number of benzene rings is 2. The van der Waals surface area contributed by atoms with Gasteiger partial charge in [-0.15, -0.1) is 0 Å². The Hall–Kier alpha value is -2.49. The van der Waals surface area contributed by atoms with Gasteiger partial charge >= 0.3 is 41.3 Å². The quantitative estimate of drug-likeness (QED) is 0.820. The van der Waals surface area contributed by atoms with Gasteiger partial charge in [0.1, 0.15) is 11.5 Å². The van der Waals surface area contributed by atoms with Gasteiger partial charge in [0.05, 0.1) is 11.9 Å². The first kappa shape index (κ1) is 22.5. The molecule has 6 nitrogen and oxygen atoms in total.